The van der Waals surface area contributed by atoms with Crippen molar-refractivity contribution >= 4 is 17.3 Å². The molecule has 0 aliphatic heterocycles. The first-order valence-electron chi connectivity index (χ1n) is 5.56. The highest BCUT2D eigenvalue weighted by atomic mass is 35.5. The Balaban J connectivity index is 2.17. The summed E-state index contributed by atoms with van der Waals surface area (Å²) in [4.78, 5) is 3.23. The van der Waals surface area contributed by atoms with Gasteiger partial charge in [0, 0.05) is 11.1 Å². The molecule has 106 valence electrons. The second-order valence-corrected chi connectivity index (χ2v) is 4.46. The number of anilines is 1. The van der Waals surface area contributed by atoms with Gasteiger partial charge in [0.05, 0.1) is 11.9 Å². The fraction of sp³-hybridized carbons (Fsp3) is 0.154. The van der Waals surface area contributed by atoms with Gasteiger partial charge in [0.2, 0.25) is 0 Å². The first-order valence-corrected chi connectivity index (χ1v) is 5.94. The molecule has 0 bridgehead atoms. The lowest BCUT2D eigenvalue weighted by atomic mass is 10.2. The van der Waals surface area contributed by atoms with Crippen LogP contribution in [-0.2, 0) is 12.8 Å². The van der Waals surface area contributed by atoms with Gasteiger partial charge in [0.25, 0.3) is 0 Å². The van der Waals surface area contributed by atoms with E-state index in [0.717, 1.165) is 17.8 Å². The molecule has 0 radical (unpaired) electrons. The molecule has 0 amide bonds. The quantitative estimate of drug-likeness (QED) is 0.935. The number of nitrogens with two attached hydrogens (primary N) is 1. The monoisotopic (exact) mass is 302 g/mol. The second-order valence-electron chi connectivity index (χ2n) is 4.02. The lowest BCUT2D eigenvalue weighted by Gasteiger charge is -2.12. The summed E-state index contributed by atoms with van der Waals surface area (Å²) in [6.45, 7) is 0.0616. The molecular formula is C13H10ClF3N2O. The summed E-state index contributed by atoms with van der Waals surface area (Å²) in [5.41, 5.74) is 5.26. The predicted molar refractivity (Wildman–Crippen MR) is 69.4 cm³/mol. The number of pyridine rings is 1. The van der Waals surface area contributed by atoms with Crippen molar-refractivity contribution in [3.63, 3.8) is 0 Å². The van der Waals surface area contributed by atoms with Gasteiger partial charge < -0.3 is 10.5 Å². The van der Waals surface area contributed by atoms with E-state index >= 15 is 0 Å². The molecule has 1 aromatic heterocycles. The minimum atomic E-state index is -4.54. The van der Waals surface area contributed by atoms with Crippen LogP contribution in [0.4, 0.5) is 18.9 Å². The van der Waals surface area contributed by atoms with E-state index < -0.39 is 11.9 Å². The molecule has 0 saturated carbocycles. The molecule has 7 heteroatoms. The zero-order valence-corrected chi connectivity index (χ0v) is 10.9. The summed E-state index contributed by atoms with van der Waals surface area (Å²) in [6, 6.07) is 7.59. The summed E-state index contributed by atoms with van der Waals surface area (Å²) in [5, 5.41) is 0.518. The number of nitrogens with zero attached hydrogens (tertiary/aromatic N) is 1. The third-order valence-corrected chi connectivity index (χ3v) is 2.70. The first kappa shape index (κ1) is 14.5. The van der Waals surface area contributed by atoms with Crippen LogP contribution in [0.25, 0.3) is 0 Å². The molecule has 20 heavy (non-hydrogen) atoms. The molecule has 2 aromatic rings. The fourth-order valence-corrected chi connectivity index (χ4v) is 1.73. The maximum absolute atomic E-state index is 12.5. The molecular weight excluding hydrogens is 293 g/mol. The number of benzene rings is 1. The highest BCUT2D eigenvalue weighted by molar-refractivity contribution is 6.30. The molecule has 1 aromatic carbocycles. The van der Waals surface area contributed by atoms with Crippen molar-refractivity contribution in [3.8, 4) is 5.75 Å². The van der Waals surface area contributed by atoms with E-state index in [9.17, 15) is 13.2 Å². The summed E-state index contributed by atoms with van der Waals surface area (Å²) < 4.78 is 42.9. The minimum Gasteiger partial charge on any atom is -0.487 e. The van der Waals surface area contributed by atoms with E-state index in [2.05, 4.69) is 4.98 Å². The Morgan fingerprint density at radius 1 is 1.25 bits per heavy atom. The molecule has 0 aliphatic carbocycles. The fourth-order valence-electron chi connectivity index (χ4n) is 1.52. The van der Waals surface area contributed by atoms with Crippen molar-refractivity contribution in [2.75, 3.05) is 5.73 Å². The molecule has 3 nitrogen and oxygen atoms in total. The van der Waals surface area contributed by atoms with Gasteiger partial charge in [0.1, 0.15) is 18.1 Å². The van der Waals surface area contributed by atoms with E-state index in [0.29, 0.717) is 5.02 Å². The minimum absolute atomic E-state index is 0.0417. The van der Waals surface area contributed by atoms with E-state index in [1.165, 1.54) is 0 Å². The van der Waals surface area contributed by atoms with Gasteiger partial charge in [-0.15, -0.1) is 0 Å². The van der Waals surface area contributed by atoms with Gasteiger partial charge in [-0.2, -0.15) is 13.2 Å². The van der Waals surface area contributed by atoms with E-state index in [1.807, 2.05) is 0 Å². The molecule has 1 heterocycles. The number of rotatable bonds is 3. The Hall–Kier alpha value is -1.95. The topological polar surface area (TPSA) is 48.1 Å². The van der Waals surface area contributed by atoms with Crippen molar-refractivity contribution in [2.24, 2.45) is 0 Å². The van der Waals surface area contributed by atoms with Crippen LogP contribution >= 0.6 is 11.6 Å². The van der Waals surface area contributed by atoms with Crippen molar-refractivity contribution < 1.29 is 17.9 Å². The lowest BCUT2D eigenvalue weighted by molar-refractivity contribution is -0.141. The number of ether oxygens (including phenoxy) is 1. The van der Waals surface area contributed by atoms with Crippen LogP contribution in [0.3, 0.4) is 0 Å². The van der Waals surface area contributed by atoms with Gasteiger partial charge in [0.15, 0.2) is 0 Å². The van der Waals surface area contributed by atoms with Crippen molar-refractivity contribution in [1.29, 1.82) is 0 Å². The average molecular weight is 303 g/mol. The molecule has 2 N–H and O–H groups in total. The maximum atomic E-state index is 12.5. The van der Waals surface area contributed by atoms with Crippen LogP contribution in [0.5, 0.6) is 5.75 Å². The number of nitrogen functional groups attached to an aromatic ring is 1. The molecule has 0 atom stereocenters. The second kappa shape index (κ2) is 5.58. The van der Waals surface area contributed by atoms with Crippen molar-refractivity contribution in [3.05, 3.63) is 52.8 Å². The Bertz CT molecular complexity index is 617. The zero-order chi connectivity index (χ0) is 14.8. The molecule has 0 spiro atoms. The Labute approximate surface area is 118 Å². The van der Waals surface area contributed by atoms with E-state index in [4.69, 9.17) is 22.1 Å². The number of halogens is 4. The van der Waals surface area contributed by atoms with Crippen molar-refractivity contribution in [1.82, 2.24) is 4.98 Å². The smallest absolute Gasteiger partial charge is 0.433 e. The lowest BCUT2D eigenvalue weighted by Crippen LogP contribution is -2.09. The van der Waals surface area contributed by atoms with Crippen LogP contribution in [0, 0.1) is 0 Å². The zero-order valence-electron chi connectivity index (χ0n) is 10.1. The van der Waals surface area contributed by atoms with Gasteiger partial charge >= 0.3 is 6.18 Å². The van der Waals surface area contributed by atoms with Gasteiger partial charge in [-0.05, 0) is 17.7 Å². The van der Waals surface area contributed by atoms with E-state index in [1.54, 1.807) is 24.3 Å². The molecule has 0 saturated heterocycles. The first-order chi connectivity index (χ1) is 9.36. The molecule has 0 aliphatic rings. The van der Waals surface area contributed by atoms with Crippen LogP contribution in [0.2, 0.25) is 5.02 Å². The average Bonchev–Trinajstić information content (AvgIpc) is 2.36. The molecule has 0 unspecified atom stereocenters. The third-order valence-electron chi connectivity index (χ3n) is 2.47. The predicted octanol–water partition coefficient (Wildman–Crippen LogP) is 3.92. The number of hydrogen-bond acceptors (Lipinski definition) is 3. The highest BCUT2D eigenvalue weighted by Crippen LogP contribution is 2.32. The van der Waals surface area contributed by atoms with Crippen LogP contribution < -0.4 is 10.5 Å². The van der Waals surface area contributed by atoms with Crippen LogP contribution in [0.1, 0.15) is 11.3 Å². The van der Waals surface area contributed by atoms with Gasteiger partial charge in [-0.1, -0.05) is 23.7 Å². The van der Waals surface area contributed by atoms with E-state index in [-0.39, 0.29) is 18.0 Å². The Kier molecular flexibility index (Phi) is 4.04. The standard InChI is InChI=1S/C13H10ClF3N2O/c14-9-3-1-2-8(4-9)7-20-11-5-12(13(15,16)17)19-6-10(11)18/h1-6H,7,18H2. The van der Waals surface area contributed by atoms with Crippen LogP contribution in [0.15, 0.2) is 36.5 Å². The third kappa shape index (κ3) is 3.54. The number of hydrogen-bond donors (Lipinski definition) is 1. The summed E-state index contributed by atoms with van der Waals surface area (Å²) in [5.74, 6) is -0.0627. The highest BCUT2D eigenvalue weighted by Gasteiger charge is 2.33. The SMILES string of the molecule is Nc1cnc(C(F)(F)F)cc1OCc1cccc(Cl)c1. The maximum Gasteiger partial charge on any atom is 0.433 e. The van der Waals surface area contributed by atoms with Crippen LogP contribution in [-0.4, -0.2) is 4.98 Å². The number of aromatic nitrogens is 1. The summed E-state index contributed by atoms with van der Waals surface area (Å²) in [7, 11) is 0. The molecule has 0 fully saturated rings. The summed E-state index contributed by atoms with van der Waals surface area (Å²) in [6.07, 6.45) is -3.61. The Morgan fingerprint density at radius 3 is 2.65 bits per heavy atom. The normalized spacial score (nSPS) is 11.4. The van der Waals surface area contributed by atoms with Gasteiger partial charge in [-0.3, -0.25) is 0 Å². The Morgan fingerprint density at radius 2 is 2.00 bits per heavy atom. The number of alkyl halides is 3. The summed E-state index contributed by atoms with van der Waals surface area (Å²) >= 11 is 5.80. The largest absolute Gasteiger partial charge is 0.487 e. The van der Waals surface area contributed by atoms with Crippen molar-refractivity contribution in [2.45, 2.75) is 12.8 Å². The van der Waals surface area contributed by atoms with Gasteiger partial charge in [-0.25, -0.2) is 4.98 Å². The molecule has 2 rings (SSSR count).